The van der Waals surface area contributed by atoms with Gasteiger partial charge in [-0.2, -0.15) is 0 Å². The molecule has 0 aliphatic heterocycles. The molecule has 0 spiro atoms. The van der Waals surface area contributed by atoms with Crippen LogP contribution >= 0.6 is 23.1 Å². The number of para-hydroxylation sites is 1. The zero-order valence-corrected chi connectivity index (χ0v) is 13.7. The molecular formula is C17H12N4S2. The van der Waals surface area contributed by atoms with Crippen LogP contribution in [0.2, 0.25) is 0 Å². The summed E-state index contributed by atoms with van der Waals surface area (Å²) in [6.45, 7) is 0. The number of pyridine rings is 1. The van der Waals surface area contributed by atoms with Crippen LogP contribution in [0.15, 0.2) is 65.8 Å². The van der Waals surface area contributed by atoms with E-state index >= 15 is 0 Å². The van der Waals surface area contributed by atoms with Crippen molar-refractivity contribution in [2.45, 2.75) is 10.8 Å². The summed E-state index contributed by atoms with van der Waals surface area (Å²) in [6, 6.07) is 17.9. The molecule has 0 saturated heterocycles. The maximum atomic E-state index is 4.63. The molecule has 0 amide bonds. The Morgan fingerprint density at radius 2 is 1.78 bits per heavy atom. The SMILES string of the molecule is c1ccc(-c2ccc(SCc3nc4ccccc4s3)nn2)nc1. The molecule has 4 aromatic rings. The van der Waals surface area contributed by atoms with Crippen LogP contribution in [-0.4, -0.2) is 20.2 Å². The molecule has 0 radical (unpaired) electrons. The van der Waals surface area contributed by atoms with E-state index in [9.17, 15) is 0 Å². The smallest absolute Gasteiger partial charge is 0.119 e. The lowest BCUT2D eigenvalue weighted by atomic mass is 10.2. The van der Waals surface area contributed by atoms with Gasteiger partial charge in [0.25, 0.3) is 0 Å². The number of benzene rings is 1. The first-order valence-electron chi connectivity index (χ1n) is 7.11. The lowest BCUT2D eigenvalue weighted by Crippen LogP contribution is -1.91. The van der Waals surface area contributed by atoms with Crippen molar-refractivity contribution in [1.29, 1.82) is 0 Å². The number of hydrogen-bond donors (Lipinski definition) is 0. The highest BCUT2D eigenvalue weighted by atomic mass is 32.2. The molecule has 0 N–H and O–H groups in total. The van der Waals surface area contributed by atoms with Crippen molar-refractivity contribution in [3.8, 4) is 11.4 Å². The standard InChI is InChI=1S/C17H12N4S2/c1-2-7-15-14(6-1)19-17(23-15)11-22-16-9-8-13(20-21-16)12-5-3-4-10-18-12/h1-10H,11H2. The topological polar surface area (TPSA) is 51.6 Å². The summed E-state index contributed by atoms with van der Waals surface area (Å²) < 4.78 is 1.22. The highest BCUT2D eigenvalue weighted by molar-refractivity contribution is 7.98. The fourth-order valence-corrected chi connectivity index (χ4v) is 3.94. The zero-order valence-electron chi connectivity index (χ0n) is 12.1. The van der Waals surface area contributed by atoms with E-state index in [1.54, 1.807) is 29.3 Å². The van der Waals surface area contributed by atoms with E-state index in [2.05, 4.69) is 26.2 Å². The summed E-state index contributed by atoms with van der Waals surface area (Å²) in [5, 5.41) is 10.5. The summed E-state index contributed by atoms with van der Waals surface area (Å²) in [5.41, 5.74) is 2.68. The fraction of sp³-hybridized carbons (Fsp3) is 0.0588. The Kier molecular flexibility index (Phi) is 4.00. The lowest BCUT2D eigenvalue weighted by molar-refractivity contribution is 0.931. The first kappa shape index (κ1) is 14.3. The minimum atomic E-state index is 0.787. The second-order valence-corrected chi connectivity index (χ2v) is 6.95. The Bertz CT molecular complexity index is 887. The minimum absolute atomic E-state index is 0.787. The predicted octanol–water partition coefficient (Wildman–Crippen LogP) is 4.44. The molecule has 0 aliphatic rings. The van der Waals surface area contributed by atoms with Gasteiger partial charge in [0.1, 0.15) is 15.7 Å². The van der Waals surface area contributed by atoms with E-state index in [1.165, 1.54) is 4.70 Å². The third kappa shape index (κ3) is 3.23. The van der Waals surface area contributed by atoms with E-state index < -0.39 is 0 Å². The largest absolute Gasteiger partial charge is 0.255 e. The molecule has 0 atom stereocenters. The molecule has 3 heterocycles. The molecule has 0 aliphatic carbocycles. The van der Waals surface area contributed by atoms with Crippen molar-refractivity contribution >= 4 is 33.3 Å². The van der Waals surface area contributed by atoms with Gasteiger partial charge in [0, 0.05) is 6.20 Å². The molecule has 0 bridgehead atoms. The summed E-state index contributed by atoms with van der Waals surface area (Å²) >= 11 is 3.37. The summed E-state index contributed by atoms with van der Waals surface area (Å²) in [6.07, 6.45) is 1.76. The van der Waals surface area contributed by atoms with Gasteiger partial charge in [-0.25, -0.2) is 4.98 Å². The Labute approximate surface area is 141 Å². The molecule has 6 heteroatoms. The van der Waals surface area contributed by atoms with Gasteiger partial charge in [0.05, 0.1) is 21.7 Å². The van der Waals surface area contributed by atoms with Crippen LogP contribution in [0.1, 0.15) is 5.01 Å². The first-order chi connectivity index (χ1) is 11.4. The van der Waals surface area contributed by atoms with Gasteiger partial charge in [0.2, 0.25) is 0 Å². The molecule has 3 aromatic heterocycles. The van der Waals surface area contributed by atoms with Gasteiger partial charge in [-0.1, -0.05) is 30.0 Å². The van der Waals surface area contributed by atoms with Crippen LogP contribution in [0.5, 0.6) is 0 Å². The summed E-state index contributed by atoms with van der Waals surface area (Å²) in [7, 11) is 0. The van der Waals surface area contributed by atoms with E-state index in [1.807, 2.05) is 48.5 Å². The van der Waals surface area contributed by atoms with Crippen LogP contribution in [-0.2, 0) is 5.75 Å². The number of rotatable bonds is 4. The predicted molar refractivity (Wildman–Crippen MR) is 94.4 cm³/mol. The van der Waals surface area contributed by atoms with Crippen molar-refractivity contribution in [2.24, 2.45) is 0 Å². The Morgan fingerprint density at radius 1 is 0.870 bits per heavy atom. The summed E-state index contributed by atoms with van der Waals surface area (Å²) in [4.78, 5) is 8.91. The third-order valence-corrected chi connectivity index (χ3v) is 5.40. The van der Waals surface area contributed by atoms with Gasteiger partial charge < -0.3 is 0 Å². The monoisotopic (exact) mass is 336 g/mol. The molecule has 4 nitrogen and oxygen atoms in total. The second kappa shape index (κ2) is 6.44. The molecule has 112 valence electrons. The maximum Gasteiger partial charge on any atom is 0.119 e. The number of fused-ring (bicyclic) bond motifs is 1. The van der Waals surface area contributed by atoms with Gasteiger partial charge in [-0.15, -0.1) is 21.5 Å². The zero-order chi connectivity index (χ0) is 15.5. The normalized spacial score (nSPS) is 11.0. The number of hydrogen-bond acceptors (Lipinski definition) is 6. The average Bonchev–Trinajstić information content (AvgIpc) is 3.04. The van der Waals surface area contributed by atoms with Crippen LogP contribution in [0.4, 0.5) is 0 Å². The van der Waals surface area contributed by atoms with Gasteiger partial charge in [0.15, 0.2) is 0 Å². The quantitative estimate of drug-likeness (QED) is 0.516. The van der Waals surface area contributed by atoms with Gasteiger partial charge >= 0.3 is 0 Å². The maximum absolute atomic E-state index is 4.63. The molecule has 23 heavy (non-hydrogen) atoms. The highest BCUT2D eigenvalue weighted by Gasteiger charge is 2.06. The average molecular weight is 336 g/mol. The highest BCUT2D eigenvalue weighted by Crippen LogP contribution is 2.27. The van der Waals surface area contributed by atoms with Crippen molar-refractivity contribution in [3.05, 3.63) is 65.8 Å². The Morgan fingerprint density at radius 3 is 2.57 bits per heavy atom. The molecule has 0 saturated carbocycles. The van der Waals surface area contributed by atoms with Crippen molar-refractivity contribution < 1.29 is 0 Å². The van der Waals surface area contributed by atoms with Crippen molar-refractivity contribution in [3.63, 3.8) is 0 Å². The second-order valence-electron chi connectivity index (χ2n) is 4.84. The molecule has 0 fully saturated rings. The van der Waals surface area contributed by atoms with Crippen LogP contribution in [0.25, 0.3) is 21.6 Å². The van der Waals surface area contributed by atoms with Crippen LogP contribution in [0, 0.1) is 0 Å². The van der Waals surface area contributed by atoms with E-state index in [4.69, 9.17) is 0 Å². The number of aromatic nitrogens is 4. The lowest BCUT2D eigenvalue weighted by Gasteiger charge is -2.00. The van der Waals surface area contributed by atoms with Gasteiger partial charge in [-0.05, 0) is 36.4 Å². The van der Waals surface area contributed by atoms with E-state index in [-0.39, 0.29) is 0 Å². The number of thioether (sulfide) groups is 1. The Balaban J connectivity index is 1.47. The van der Waals surface area contributed by atoms with Crippen molar-refractivity contribution in [2.75, 3.05) is 0 Å². The minimum Gasteiger partial charge on any atom is -0.255 e. The molecule has 4 rings (SSSR count). The summed E-state index contributed by atoms with van der Waals surface area (Å²) in [5.74, 6) is 0.803. The van der Waals surface area contributed by atoms with Crippen LogP contribution < -0.4 is 0 Å². The molecule has 1 aromatic carbocycles. The third-order valence-electron chi connectivity index (χ3n) is 3.25. The first-order valence-corrected chi connectivity index (χ1v) is 8.91. The Hall–Kier alpha value is -2.31. The van der Waals surface area contributed by atoms with Gasteiger partial charge in [-0.3, -0.25) is 4.98 Å². The van der Waals surface area contributed by atoms with Crippen LogP contribution in [0.3, 0.4) is 0 Å². The number of thiazole rings is 1. The van der Waals surface area contributed by atoms with Crippen molar-refractivity contribution in [1.82, 2.24) is 20.2 Å². The molecular weight excluding hydrogens is 324 g/mol. The van der Waals surface area contributed by atoms with E-state index in [0.717, 1.165) is 32.7 Å². The number of nitrogens with zero attached hydrogens (tertiary/aromatic N) is 4. The fourth-order valence-electron chi connectivity index (χ4n) is 2.17. The van der Waals surface area contributed by atoms with E-state index in [0.29, 0.717) is 0 Å². The molecule has 0 unspecified atom stereocenters.